The number of aromatic nitrogens is 2. The number of fused-ring (bicyclic) bond motifs is 1. The number of benzene rings is 2. The van der Waals surface area contributed by atoms with Gasteiger partial charge in [-0.1, -0.05) is 24.3 Å². The Bertz CT molecular complexity index is 1640. The topological polar surface area (TPSA) is 74.9 Å². The summed E-state index contributed by atoms with van der Waals surface area (Å²) in [5.74, 6) is 1.38. The fourth-order valence-corrected chi connectivity index (χ4v) is 8.21. The second kappa shape index (κ2) is 5.88. The van der Waals surface area contributed by atoms with Crippen LogP contribution in [0.2, 0.25) is 0 Å². The highest BCUT2D eigenvalue weighted by Crippen LogP contribution is 2.70. The van der Waals surface area contributed by atoms with Gasteiger partial charge in [-0.15, -0.1) is 0 Å². The van der Waals surface area contributed by atoms with Crippen molar-refractivity contribution in [3.8, 4) is 11.5 Å². The van der Waals surface area contributed by atoms with Crippen LogP contribution in [0.4, 0.5) is 0 Å². The van der Waals surface area contributed by atoms with E-state index in [0.29, 0.717) is 22.3 Å². The van der Waals surface area contributed by atoms with E-state index in [-0.39, 0.29) is 17.2 Å². The number of hydrogen-bond donors (Lipinski definition) is 0. The van der Waals surface area contributed by atoms with Crippen molar-refractivity contribution in [1.82, 2.24) is 14.3 Å². The Kier molecular flexibility index (Phi) is 3.34. The molecule has 0 N–H and O–H groups in total. The van der Waals surface area contributed by atoms with Gasteiger partial charge in [0, 0.05) is 18.7 Å². The molecular weight excluding hydrogens is 446 g/mol. The second-order valence-electron chi connectivity index (χ2n) is 10.4. The van der Waals surface area contributed by atoms with E-state index in [1.807, 2.05) is 18.2 Å². The number of likely N-dealkylation sites (tertiary alicyclic amines) is 1. The summed E-state index contributed by atoms with van der Waals surface area (Å²) in [6.07, 6.45) is 5.08. The van der Waals surface area contributed by atoms with Crippen LogP contribution in [-0.2, 0) is 27.8 Å². The van der Waals surface area contributed by atoms with Crippen LogP contribution in [0.5, 0.6) is 11.5 Å². The smallest absolute Gasteiger partial charge is 0.276 e. The first-order chi connectivity index (χ1) is 17.0. The number of ether oxygens (including phenoxy) is 3. The minimum Gasteiger partial charge on any atom is -0.493 e. The van der Waals surface area contributed by atoms with Gasteiger partial charge >= 0.3 is 0 Å². The molecule has 8 nitrogen and oxygen atoms in total. The van der Waals surface area contributed by atoms with Crippen LogP contribution in [0.25, 0.3) is 10.8 Å². The lowest BCUT2D eigenvalue weighted by Crippen LogP contribution is -2.84. The molecule has 4 aliphatic heterocycles. The van der Waals surface area contributed by atoms with Crippen molar-refractivity contribution in [2.45, 2.75) is 41.7 Å². The third-order valence-electron chi connectivity index (χ3n) is 9.52. The first kappa shape index (κ1) is 19.9. The first-order valence-corrected chi connectivity index (χ1v) is 12.1. The molecule has 1 aromatic heterocycles. The molecule has 5 heterocycles. The van der Waals surface area contributed by atoms with Gasteiger partial charge in [-0.2, -0.15) is 0 Å². The van der Waals surface area contributed by atoms with Gasteiger partial charge in [-0.05, 0) is 56.3 Å². The van der Waals surface area contributed by atoms with Crippen molar-refractivity contribution >= 4 is 10.8 Å². The van der Waals surface area contributed by atoms with Crippen molar-refractivity contribution < 1.29 is 14.2 Å². The lowest BCUT2D eigenvalue weighted by atomic mass is 9.47. The van der Waals surface area contributed by atoms with Crippen LogP contribution < -0.4 is 20.6 Å². The summed E-state index contributed by atoms with van der Waals surface area (Å²) in [6.45, 7) is 0.850. The van der Waals surface area contributed by atoms with E-state index < -0.39 is 22.8 Å². The summed E-state index contributed by atoms with van der Waals surface area (Å²) in [5, 5.41) is 0.819. The fraction of sp³-hybridized carbons (Fsp3) is 0.407. The van der Waals surface area contributed by atoms with E-state index >= 15 is 0 Å². The molecule has 9 rings (SSSR count). The molecule has 2 aliphatic carbocycles. The minimum absolute atomic E-state index is 0.0369. The van der Waals surface area contributed by atoms with Gasteiger partial charge < -0.3 is 19.1 Å². The average Bonchev–Trinajstić information content (AvgIpc) is 3.26. The predicted molar refractivity (Wildman–Crippen MR) is 128 cm³/mol. The van der Waals surface area contributed by atoms with Crippen LogP contribution in [0.3, 0.4) is 0 Å². The number of likely N-dealkylation sites (N-methyl/N-ethyl adjacent to an activating group) is 1. The van der Waals surface area contributed by atoms with Crippen LogP contribution >= 0.6 is 0 Å². The zero-order chi connectivity index (χ0) is 23.9. The third-order valence-corrected chi connectivity index (χ3v) is 9.52. The Morgan fingerprint density at radius 2 is 1.74 bits per heavy atom. The highest BCUT2D eigenvalue weighted by Gasteiger charge is 2.80. The second-order valence-corrected chi connectivity index (χ2v) is 10.4. The van der Waals surface area contributed by atoms with Gasteiger partial charge in [0.25, 0.3) is 11.1 Å². The molecular formula is C27H25N3O5. The molecule has 0 amide bonds. The molecule has 4 bridgehead atoms. The largest absolute Gasteiger partial charge is 0.493 e. The van der Waals surface area contributed by atoms with Gasteiger partial charge in [0.1, 0.15) is 5.54 Å². The molecule has 178 valence electrons. The van der Waals surface area contributed by atoms with Crippen LogP contribution in [0.1, 0.15) is 17.5 Å². The van der Waals surface area contributed by atoms with Gasteiger partial charge in [-0.3, -0.25) is 9.59 Å². The Labute approximate surface area is 200 Å². The molecule has 3 aromatic rings. The molecule has 35 heavy (non-hydrogen) atoms. The third kappa shape index (κ3) is 1.76. The molecule has 1 saturated heterocycles. The quantitative estimate of drug-likeness (QED) is 0.530. The molecule has 2 aromatic carbocycles. The summed E-state index contributed by atoms with van der Waals surface area (Å²) in [5.41, 5.74) is -0.777. The summed E-state index contributed by atoms with van der Waals surface area (Å²) in [6, 6.07) is 11.1. The normalized spacial score (nSPS) is 35.1. The number of hydrogen-bond acceptors (Lipinski definition) is 6. The molecule has 5 unspecified atom stereocenters. The van der Waals surface area contributed by atoms with E-state index in [1.165, 1.54) is 5.56 Å². The molecule has 2 spiro atoms. The van der Waals surface area contributed by atoms with Crippen LogP contribution in [-0.4, -0.2) is 54.2 Å². The fourth-order valence-electron chi connectivity index (χ4n) is 8.21. The number of rotatable bonds is 2. The van der Waals surface area contributed by atoms with Gasteiger partial charge in [0.2, 0.25) is 5.72 Å². The molecule has 1 fully saturated rings. The zero-order valence-corrected chi connectivity index (χ0v) is 19.8. The minimum atomic E-state index is -1.28. The lowest BCUT2D eigenvalue weighted by Gasteiger charge is -2.69. The van der Waals surface area contributed by atoms with Crippen molar-refractivity contribution in [1.29, 1.82) is 0 Å². The first-order valence-electron chi connectivity index (χ1n) is 12.1. The van der Waals surface area contributed by atoms with Gasteiger partial charge in [0.05, 0.1) is 23.3 Å². The SMILES string of the molecule is COc1ccc2c3c1OC1C4(OC)C=CC5(C(C2)N(C)CCC315)n1c(=O)c2ccccc2c(=O)n14. The molecule has 5 atom stereocenters. The Balaban J connectivity index is 1.63. The Morgan fingerprint density at radius 1 is 1.00 bits per heavy atom. The average molecular weight is 472 g/mol. The number of methoxy groups -OCH3 is 2. The van der Waals surface area contributed by atoms with Crippen molar-refractivity contribution in [2.24, 2.45) is 0 Å². The Hall–Kier alpha value is -3.36. The highest BCUT2D eigenvalue weighted by molar-refractivity contribution is 5.81. The molecule has 0 saturated carbocycles. The maximum atomic E-state index is 14.3. The molecule has 0 radical (unpaired) electrons. The van der Waals surface area contributed by atoms with Gasteiger partial charge in [-0.25, -0.2) is 9.36 Å². The van der Waals surface area contributed by atoms with Crippen LogP contribution in [0.15, 0.2) is 58.1 Å². The maximum absolute atomic E-state index is 14.3. The summed E-state index contributed by atoms with van der Waals surface area (Å²) in [7, 11) is 5.35. The lowest BCUT2D eigenvalue weighted by molar-refractivity contribution is -0.230. The van der Waals surface area contributed by atoms with Gasteiger partial charge in [0.15, 0.2) is 17.6 Å². The van der Waals surface area contributed by atoms with E-state index in [4.69, 9.17) is 14.2 Å². The summed E-state index contributed by atoms with van der Waals surface area (Å²) < 4.78 is 22.1. The van der Waals surface area contributed by atoms with E-state index in [2.05, 4.69) is 24.1 Å². The van der Waals surface area contributed by atoms with E-state index in [1.54, 1.807) is 41.8 Å². The van der Waals surface area contributed by atoms with Crippen molar-refractivity contribution in [3.63, 3.8) is 0 Å². The predicted octanol–water partition coefficient (Wildman–Crippen LogP) is 1.71. The standard InChI is InChI=1S/C27H25N3O5/c1-28-13-12-25-20-15-8-9-18(33-2)21(20)35-24(25)27(34-3)11-10-26(25,19(28)14-15)29-22(31)16-6-4-5-7-17(16)23(32)30(27)29/h4-11,19,24H,12-14H2,1-3H3. The molecule has 8 heteroatoms. The van der Waals surface area contributed by atoms with Crippen LogP contribution in [0, 0.1) is 0 Å². The van der Waals surface area contributed by atoms with E-state index in [0.717, 1.165) is 24.9 Å². The maximum Gasteiger partial charge on any atom is 0.276 e. The monoisotopic (exact) mass is 471 g/mol. The summed E-state index contributed by atoms with van der Waals surface area (Å²) in [4.78, 5) is 30.8. The Morgan fingerprint density at radius 3 is 2.46 bits per heavy atom. The van der Waals surface area contributed by atoms with Crippen molar-refractivity contribution in [3.05, 3.63) is 80.4 Å². The zero-order valence-electron chi connectivity index (χ0n) is 19.8. The molecule has 6 aliphatic rings. The highest BCUT2D eigenvalue weighted by atomic mass is 16.6. The number of nitrogens with zero attached hydrogens (tertiary/aromatic N) is 3. The summed E-state index contributed by atoms with van der Waals surface area (Å²) >= 11 is 0. The number of piperidine rings is 1. The van der Waals surface area contributed by atoms with Crippen molar-refractivity contribution in [2.75, 3.05) is 27.8 Å². The van der Waals surface area contributed by atoms with E-state index in [9.17, 15) is 9.59 Å².